The Hall–Kier alpha value is -2.38. The second-order valence-electron chi connectivity index (χ2n) is 5.67. The topological polar surface area (TPSA) is 34.1 Å². The van der Waals surface area contributed by atoms with E-state index < -0.39 is 11.7 Å². The first-order valence-electron chi connectivity index (χ1n) is 8.04. The van der Waals surface area contributed by atoms with Crippen LogP contribution in [0.3, 0.4) is 0 Å². The van der Waals surface area contributed by atoms with Gasteiger partial charge in [-0.25, -0.2) is 4.98 Å². The van der Waals surface area contributed by atoms with Gasteiger partial charge < -0.3 is 10.1 Å². The summed E-state index contributed by atoms with van der Waals surface area (Å²) in [4.78, 5) is 4.08. The lowest BCUT2D eigenvalue weighted by Crippen LogP contribution is -2.17. The van der Waals surface area contributed by atoms with Crippen LogP contribution in [0.15, 0.2) is 60.1 Å². The molecule has 0 saturated heterocycles. The highest BCUT2D eigenvalue weighted by Gasteiger charge is 2.30. The Bertz CT molecular complexity index is 835. The maximum Gasteiger partial charge on any atom is 0.416 e. The largest absolute Gasteiger partial charge is 0.431 e. The van der Waals surface area contributed by atoms with Crippen molar-refractivity contribution in [1.29, 1.82) is 0 Å². The van der Waals surface area contributed by atoms with Crippen molar-refractivity contribution in [3.05, 3.63) is 76.8 Å². The SMILES string of the molecule is FC(F)(F)c1cccc(CCNCc2cccc(Oc3nccs3)c2)c1. The first-order chi connectivity index (χ1) is 12.5. The summed E-state index contributed by atoms with van der Waals surface area (Å²) in [5, 5.41) is 5.67. The van der Waals surface area contributed by atoms with E-state index in [4.69, 9.17) is 4.74 Å². The van der Waals surface area contributed by atoms with Crippen LogP contribution in [0, 0.1) is 0 Å². The van der Waals surface area contributed by atoms with Crippen LogP contribution < -0.4 is 10.1 Å². The molecule has 0 aliphatic carbocycles. The van der Waals surface area contributed by atoms with E-state index in [0.717, 1.165) is 11.6 Å². The molecule has 26 heavy (non-hydrogen) atoms. The summed E-state index contributed by atoms with van der Waals surface area (Å²) < 4.78 is 43.8. The van der Waals surface area contributed by atoms with Crippen molar-refractivity contribution in [2.45, 2.75) is 19.1 Å². The summed E-state index contributed by atoms with van der Waals surface area (Å²) in [7, 11) is 0. The molecule has 136 valence electrons. The van der Waals surface area contributed by atoms with Crippen molar-refractivity contribution < 1.29 is 17.9 Å². The summed E-state index contributed by atoms with van der Waals surface area (Å²) in [5.74, 6) is 0.706. The number of halogens is 3. The van der Waals surface area contributed by atoms with Crippen LogP contribution >= 0.6 is 11.3 Å². The Morgan fingerprint density at radius 3 is 2.62 bits per heavy atom. The Balaban J connectivity index is 1.49. The van der Waals surface area contributed by atoms with Gasteiger partial charge in [0, 0.05) is 18.1 Å². The van der Waals surface area contributed by atoms with Gasteiger partial charge in [-0.1, -0.05) is 41.7 Å². The molecule has 1 N–H and O–H groups in total. The van der Waals surface area contributed by atoms with Crippen LogP contribution in [0.2, 0.25) is 0 Å². The minimum atomic E-state index is -4.30. The third kappa shape index (κ3) is 5.31. The van der Waals surface area contributed by atoms with E-state index in [1.165, 1.54) is 23.5 Å². The van der Waals surface area contributed by atoms with E-state index in [1.807, 2.05) is 29.6 Å². The number of hydrogen-bond acceptors (Lipinski definition) is 4. The first-order valence-corrected chi connectivity index (χ1v) is 8.92. The highest BCUT2D eigenvalue weighted by atomic mass is 32.1. The predicted octanol–water partition coefficient (Wildman–Crippen LogP) is 5.29. The van der Waals surface area contributed by atoms with Gasteiger partial charge in [0.1, 0.15) is 5.75 Å². The summed E-state index contributed by atoms with van der Waals surface area (Å²) in [6, 6.07) is 13.1. The summed E-state index contributed by atoms with van der Waals surface area (Å²) in [5.41, 5.74) is 1.08. The molecule has 0 saturated carbocycles. The maximum absolute atomic E-state index is 12.7. The van der Waals surface area contributed by atoms with E-state index in [0.29, 0.717) is 36.0 Å². The zero-order valence-electron chi connectivity index (χ0n) is 13.8. The minimum absolute atomic E-state index is 0.527. The smallest absolute Gasteiger partial charge is 0.416 e. The molecule has 3 rings (SSSR count). The van der Waals surface area contributed by atoms with Crippen molar-refractivity contribution in [3.8, 4) is 10.9 Å². The summed E-state index contributed by atoms with van der Waals surface area (Å²) in [6.45, 7) is 1.19. The maximum atomic E-state index is 12.7. The van der Waals surface area contributed by atoms with E-state index >= 15 is 0 Å². The Labute approximate surface area is 153 Å². The average Bonchev–Trinajstić information content (AvgIpc) is 3.12. The summed E-state index contributed by atoms with van der Waals surface area (Å²) in [6.07, 6.45) is -2.10. The van der Waals surface area contributed by atoms with Crippen molar-refractivity contribution in [1.82, 2.24) is 10.3 Å². The quantitative estimate of drug-likeness (QED) is 0.568. The van der Waals surface area contributed by atoms with Crippen LogP contribution in [-0.2, 0) is 19.1 Å². The molecule has 2 aromatic carbocycles. The van der Waals surface area contributed by atoms with Crippen LogP contribution in [0.25, 0.3) is 0 Å². The lowest BCUT2D eigenvalue weighted by Gasteiger charge is -2.10. The van der Waals surface area contributed by atoms with Gasteiger partial charge in [0.2, 0.25) is 0 Å². The lowest BCUT2D eigenvalue weighted by molar-refractivity contribution is -0.137. The number of aromatic nitrogens is 1. The minimum Gasteiger partial charge on any atom is -0.431 e. The van der Waals surface area contributed by atoms with Gasteiger partial charge in [-0.2, -0.15) is 13.2 Å². The summed E-state index contributed by atoms with van der Waals surface area (Å²) >= 11 is 1.42. The molecule has 1 aromatic heterocycles. The van der Waals surface area contributed by atoms with Gasteiger partial charge in [0.05, 0.1) is 5.56 Å². The molecule has 0 aliphatic rings. The van der Waals surface area contributed by atoms with Gasteiger partial charge in [-0.3, -0.25) is 0 Å². The van der Waals surface area contributed by atoms with Gasteiger partial charge in [-0.15, -0.1) is 0 Å². The third-order valence-electron chi connectivity index (χ3n) is 3.69. The number of alkyl halides is 3. The molecule has 1 heterocycles. The van der Waals surface area contributed by atoms with E-state index in [1.54, 1.807) is 12.3 Å². The fourth-order valence-corrected chi connectivity index (χ4v) is 2.95. The average molecular weight is 378 g/mol. The van der Waals surface area contributed by atoms with Crippen molar-refractivity contribution in [3.63, 3.8) is 0 Å². The third-order valence-corrected chi connectivity index (χ3v) is 4.34. The van der Waals surface area contributed by atoms with Crippen molar-refractivity contribution >= 4 is 11.3 Å². The number of nitrogens with one attached hydrogen (secondary N) is 1. The van der Waals surface area contributed by atoms with Crippen LogP contribution in [-0.4, -0.2) is 11.5 Å². The Morgan fingerprint density at radius 1 is 1.04 bits per heavy atom. The second-order valence-corrected chi connectivity index (χ2v) is 6.53. The molecule has 0 radical (unpaired) electrons. The molecular weight excluding hydrogens is 361 g/mol. The molecular formula is C19H17F3N2OS. The Kier molecular flexibility index (Phi) is 5.90. The normalized spacial score (nSPS) is 11.5. The number of nitrogens with zero attached hydrogens (tertiary/aromatic N) is 1. The lowest BCUT2D eigenvalue weighted by atomic mass is 10.1. The molecule has 3 nitrogen and oxygen atoms in total. The van der Waals surface area contributed by atoms with Gasteiger partial charge in [-0.05, 0) is 42.3 Å². The standard InChI is InChI=1S/C19H17F3N2OS/c20-19(21,22)16-5-1-3-14(11-16)7-8-23-13-15-4-2-6-17(12-15)25-18-24-9-10-26-18/h1-6,9-12,23H,7-8,13H2. The van der Waals surface area contributed by atoms with Crippen LogP contribution in [0.4, 0.5) is 13.2 Å². The van der Waals surface area contributed by atoms with E-state index in [-0.39, 0.29) is 0 Å². The molecule has 3 aromatic rings. The van der Waals surface area contributed by atoms with Gasteiger partial charge in [0.15, 0.2) is 0 Å². The van der Waals surface area contributed by atoms with Gasteiger partial charge >= 0.3 is 6.18 Å². The molecule has 0 bridgehead atoms. The molecule has 0 spiro atoms. The molecule has 0 atom stereocenters. The molecule has 0 unspecified atom stereocenters. The fourth-order valence-electron chi connectivity index (χ4n) is 2.45. The molecule has 0 aliphatic heterocycles. The zero-order valence-corrected chi connectivity index (χ0v) is 14.6. The number of hydrogen-bond donors (Lipinski definition) is 1. The second kappa shape index (κ2) is 8.33. The highest BCUT2D eigenvalue weighted by Crippen LogP contribution is 2.29. The fraction of sp³-hybridized carbons (Fsp3) is 0.211. The predicted molar refractivity (Wildman–Crippen MR) is 95.5 cm³/mol. The zero-order chi connectivity index (χ0) is 18.4. The molecule has 0 amide bonds. The monoisotopic (exact) mass is 378 g/mol. The van der Waals surface area contributed by atoms with E-state index in [9.17, 15) is 13.2 Å². The molecule has 0 fully saturated rings. The molecule has 7 heteroatoms. The Morgan fingerprint density at radius 2 is 1.85 bits per heavy atom. The van der Waals surface area contributed by atoms with Crippen LogP contribution in [0.1, 0.15) is 16.7 Å². The van der Waals surface area contributed by atoms with Crippen molar-refractivity contribution in [2.24, 2.45) is 0 Å². The van der Waals surface area contributed by atoms with Crippen LogP contribution in [0.5, 0.6) is 10.9 Å². The van der Waals surface area contributed by atoms with E-state index in [2.05, 4.69) is 10.3 Å². The highest BCUT2D eigenvalue weighted by molar-refractivity contribution is 7.11. The number of benzene rings is 2. The first kappa shape index (κ1) is 18.4. The number of rotatable bonds is 7. The van der Waals surface area contributed by atoms with Gasteiger partial charge in [0.25, 0.3) is 5.19 Å². The van der Waals surface area contributed by atoms with Crippen molar-refractivity contribution in [2.75, 3.05) is 6.54 Å². The number of thiazole rings is 1. The number of ether oxygens (including phenoxy) is 1.